The highest BCUT2D eigenvalue weighted by Gasteiger charge is 2.49. The van der Waals surface area contributed by atoms with E-state index in [1.165, 1.54) is 13.1 Å². The van der Waals surface area contributed by atoms with Crippen molar-refractivity contribution in [3.8, 4) is 0 Å². The molecule has 3 heterocycles. The third-order valence-electron chi connectivity index (χ3n) is 6.53. The Morgan fingerprint density at radius 3 is 2.31 bits per heavy atom. The lowest BCUT2D eigenvalue weighted by molar-refractivity contribution is -0.124. The van der Waals surface area contributed by atoms with Gasteiger partial charge in [-0.2, -0.15) is 0 Å². The van der Waals surface area contributed by atoms with Gasteiger partial charge in [0.05, 0.1) is 16.8 Å². The number of halogens is 1. The van der Waals surface area contributed by atoms with Gasteiger partial charge in [-0.05, 0) is 45.7 Å². The Morgan fingerprint density at radius 1 is 1.17 bits per heavy atom. The maximum Gasteiger partial charge on any atom is 0.410 e. The Balaban J connectivity index is 1.57. The van der Waals surface area contributed by atoms with Crippen LogP contribution in [0.4, 0.5) is 14.9 Å². The molecule has 1 aromatic carbocycles. The van der Waals surface area contributed by atoms with Crippen LogP contribution in [0, 0.1) is 5.82 Å². The molecule has 1 N–H and O–H groups in total. The van der Waals surface area contributed by atoms with Gasteiger partial charge >= 0.3 is 6.09 Å². The summed E-state index contributed by atoms with van der Waals surface area (Å²) >= 11 is 0. The smallest absolute Gasteiger partial charge is 0.410 e. The Labute approximate surface area is 202 Å². The van der Waals surface area contributed by atoms with E-state index in [-0.39, 0.29) is 41.7 Å². The molecule has 4 rings (SSSR count). The topological polar surface area (TPSA) is 116 Å². The van der Waals surface area contributed by atoms with Gasteiger partial charge in [0, 0.05) is 38.6 Å². The molecule has 4 amide bonds. The zero-order valence-corrected chi connectivity index (χ0v) is 20.2. The van der Waals surface area contributed by atoms with Crippen LogP contribution in [0.1, 0.15) is 60.7 Å². The van der Waals surface area contributed by atoms with E-state index in [2.05, 4.69) is 5.32 Å². The van der Waals surface area contributed by atoms with Crippen molar-refractivity contribution in [1.82, 2.24) is 15.1 Å². The van der Waals surface area contributed by atoms with Gasteiger partial charge in [0.25, 0.3) is 11.8 Å². The van der Waals surface area contributed by atoms with Crippen LogP contribution in [0.25, 0.3) is 0 Å². The first-order valence-corrected chi connectivity index (χ1v) is 11.6. The molecule has 0 radical (unpaired) electrons. The molecule has 3 atom stereocenters. The second-order valence-electron chi connectivity index (χ2n) is 10.0. The molecule has 2 bridgehead atoms. The number of fused-ring (bicyclic) bond motifs is 3. The molecule has 188 valence electrons. The average Bonchev–Trinajstić information content (AvgIpc) is 3.02. The van der Waals surface area contributed by atoms with Crippen molar-refractivity contribution in [2.45, 2.75) is 63.8 Å². The zero-order valence-electron chi connectivity index (χ0n) is 20.2. The third kappa shape index (κ3) is 4.35. The Bertz CT molecular complexity index is 1090. The summed E-state index contributed by atoms with van der Waals surface area (Å²) in [4.78, 5) is 66.0. The van der Waals surface area contributed by atoms with Crippen molar-refractivity contribution in [2.24, 2.45) is 0 Å². The fourth-order valence-electron chi connectivity index (χ4n) is 5.00. The summed E-state index contributed by atoms with van der Waals surface area (Å²) in [6.45, 7) is 6.07. The third-order valence-corrected chi connectivity index (χ3v) is 6.53. The Morgan fingerprint density at radius 2 is 1.77 bits per heavy atom. The number of piperazine rings is 1. The normalized spacial score (nSPS) is 21.9. The highest BCUT2D eigenvalue weighted by molar-refractivity contribution is 6.23. The molecule has 0 spiro atoms. The predicted molar refractivity (Wildman–Crippen MR) is 123 cm³/mol. The summed E-state index contributed by atoms with van der Waals surface area (Å²) < 4.78 is 20.6. The first-order chi connectivity index (χ1) is 16.5. The molecule has 0 saturated carbocycles. The molecule has 2 fully saturated rings. The predicted octanol–water partition coefficient (Wildman–Crippen LogP) is 1.71. The van der Waals surface area contributed by atoms with Gasteiger partial charge in [-0.3, -0.25) is 19.3 Å². The largest absolute Gasteiger partial charge is 0.444 e. The monoisotopic (exact) mass is 488 g/mol. The fourth-order valence-corrected chi connectivity index (χ4v) is 5.00. The van der Waals surface area contributed by atoms with Crippen molar-refractivity contribution >= 4 is 35.8 Å². The van der Waals surface area contributed by atoms with Crippen molar-refractivity contribution < 1.29 is 33.1 Å². The molecule has 3 unspecified atom stereocenters. The van der Waals surface area contributed by atoms with Gasteiger partial charge in [0.15, 0.2) is 0 Å². The number of nitrogens with one attached hydrogen (secondary N) is 1. The van der Waals surface area contributed by atoms with Gasteiger partial charge in [0.2, 0.25) is 5.91 Å². The lowest BCUT2D eigenvalue weighted by Gasteiger charge is -2.57. The minimum absolute atomic E-state index is 0.0142. The number of carbonyl (C=O) groups is 5. The first kappa shape index (κ1) is 24.6. The number of ether oxygens (including phenoxy) is 1. The maximum atomic E-state index is 15.2. The van der Waals surface area contributed by atoms with E-state index < -0.39 is 41.3 Å². The van der Waals surface area contributed by atoms with E-state index in [4.69, 9.17) is 4.74 Å². The number of imide groups is 1. The molecule has 1 aromatic rings. The van der Waals surface area contributed by atoms with Gasteiger partial charge in [-0.25, -0.2) is 9.18 Å². The minimum Gasteiger partial charge on any atom is -0.444 e. The number of nitrogens with zero attached hydrogens (tertiary/aromatic N) is 3. The van der Waals surface area contributed by atoms with Crippen LogP contribution in [0.15, 0.2) is 12.1 Å². The van der Waals surface area contributed by atoms with Gasteiger partial charge < -0.3 is 24.6 Å². The van der Waals surface area contributed by atoms with Crippen molar-refractivity contribution in [3.05, 3.63) is 29.1 Å². The average molecular weight is 489 g/mol. The van der Waals surface area contributed by atoms with E-state index in [9.17, 15) is 24.0 Å². The molecule has 2 saturated heterocycles. The number of rotatable bonds is 6. The van der Waals surface area contributed by atoms with Crippen LogP contribution in [0.2, 0.25) is 0 Å². The molecule has 11 heteroatoms. The van der Waals surface area contributed by atoms with Gasteiger partial charge in [0.1, 0.15) is 23.7 Å². The lowest BCUT2D eigenvalue weighted by Crippen LogP contribution is -2.70. The van der Waals surface area contributed by atoms with Crippen LogP contribution < -0.4 is 10.2 Å². The fraction of sp³-hybridized carbons (Fsp3) is 0.542. The molecule has 10 nitrogen and oxygen atoms in total. The number of hydrogen-bond acceptors (Lipinski definition) is 7. The molecular weight excluding hydrogens is 459 g/mol. The molecule has 3 aliphatic heterocycles. The van der Waals surface area contributed by atoms with E-state index in [1.54, 1.807) is 25.7 Å². The minimum atomic E-state index is -1.17. The number of likely N-dealkylation sites (tertiary alicyclic amines) is 1. The van der Waals surface area contributed by atoms with Gasteiger partial charge in [-0.1, -0.05) is 0 Å². The summed E-state index contributed by atoms with van der Waals surface area (Å²) in [5.74, 6) is -2.71. The zero-order chi connectivity index (χ0) is 25.7. The number of benzene rings is 1. The number of piperidine rings is 1. The SMILES string of the molecule is CNC(=O)C(CCC=O)N1C(=O)c2cc(F)c(N3C4CC3CN(C(=O)OC(C)(C)C)C4)cc2C1=O. The van der Waals surface area contributed by atoms with Crippen LogP contribution >= 0.6 is 0 Å². The number of carbonyl (C=O) groups excluding carboxylic acids is 5. The standard InChI is InChI=1S/C24H29FN4O6/c1-24(2,3)35-23(34)27-11-13-8-14(12-27)28(13)19-10-16-15(9-17(19)25)21(32)29(22(16)33)18(6-5-7-30)20(31)26-4/h7,9-10,13-14,18H,5-6,8,11-12H2,1-4H3,(H,26,31). The highest BCUT2D eigenvalue weighted by atomic mass is 19.1. The molecule has 35 heavy (non-hydrogen) atoms. The molecule has 0 aromatic heterocycles. The molecular formula is C24H29FN4O6. The summed E-state index contributed by atoms with van der Waals surface area (Å²) in [7, 11) is 1.37. The van der Waals surface area contributed by atoms with E-state index in [0.29, 0.717) is 19.4 Å². The number of likely N-dealkylation sites (N-methyl/N-ethyl adjacent to an activating group) is 1. The van der Waals surface area contributed by atoms with Crippen molar-refractivity contribution in [2.75, 3.05) is 25.0 Å². The summed E-state index contributed by atoms with van der Waals surface area (Å²) in [5.41, 5.74) is -0.541. The Kier molecular flexibility index (Phi) is 6.29. The maximum absolute atomic E-state index is 15.2. The van der Waals surface area contributed by atoms with Gasteiger partial charge in [-0.15, -0.1) is 0 Å². The number of anilines is 1. The summed E-state index contributed by atoms with van der Waals surface area (Å²) in [6.07, 6.45) is 0.902. The van der Waals surface area contributed by atoms with Crippen molar-refractivity contribution in [1.29, 1.82) is 0 Å². The summed E-state index contributed by atoms with van der Waals surface area (Å²) in [5, 5.41) is 2.41. The summed E-state index contributed by atoms with van der Waals surface area (Å²) in [6, 6.07) is 0.917. The second kappa shape index (κ2) is 8.94. The molecule has 0 aliphatic carbocycles. The second-order valence-corrected chi connectivity index (χ2v) is 10.0. The van der Waals surface area contributed by atoms with E-state index >= 15 is 4.39 Å². The van der Waals surface area contributed by atoms with Crippen LogP contribution in [-0.2, 0) is 14.3 Å². The van der Waals surface area contributed by atoms with Crippen LogP contribution in [0.3, 0.4) is 0 Å². The molecule has 3 aliphatic rings. The number of aldehydes is 1. The Hall–Kier alpha value is -3.50. The van der Waals surface area contributed by atoms with E-state index in [0.717, 1.165) is 17.4 Å². The van der Waals surface area contributed by atoms with Crippen molar-refractivity contribution in [3.63, 3.8) is 0 Å². The quantitative estimate of drug-likeness (QED) is 0.479. The lowest BCUT2D eigenvalue weighted by atomic mass is 9.86. The first-order valence-electron chi connectivity index (χ1n) is 11.6. The number of amides is 4. The van der Waals surface area contributed by atoms with Crippen LogP contribution in [0.5, 0.6) is 0 Å². The van der Waals surface area contributed by atoms with Crippen LogP contribution in [-0.4, -0.2) is 83.8 Å². The van der Waals surface area contributed by atoms with E-state index in [1.807, 2.05) is 4.90 Å². The number of hydrogen-bond donors (Lipinski definition) is 1. The highest BCUT2D eigenvalue weighted by Crippen LogP contribution is 2.41.